The second kappa shape index (κ2) is 4.29. The highest BCUT2D eigenvalue weighted by atomic mass is 16.5. The lowest BCUT2D eigenvalue weighted by Crippen LogP contribution is -2.21. The normalized spacial score (nSPS) is 10.5. The predicted molar refractivity (Wildman–Crippen MR) is 55.0 cm³/mol. The van der Waals surface area contributed by atoms with Crippen molar-refractivity contribution < 1.29 is 13.9 Å². The van der Waals surface area contributed by atoms with Gasteiger partial charge in [-0.25, -0.2) is 4.79 Å². The minimum Gasteiger partial charge on any atom is -0.465 e. The monoisotopic (exact) mass is 210 g/mol. The topological polar surface area (TPSA) is 56.5 Å². The summed E-state index contributed by atoms with van der Waals surface area (Å²) in [5.41, 5.74) is -0.379. The fraction of sp³-hybridized carbons (Fsp3) is 0.455. The Hall–Kier alpha value is -1.58. The van der Waals surface area contributed by atoms with E-state index in [-0.39, 0.29) is 17.1 Å². The molecule has 15 heavy (non-hydrogen) atoms. The zero-order valence-electron chi connectivity index (χ0n) is 9.29. The van der Waals surface area contributed by atoms with Gasteiger partial charge in [0.15, 0.2) is 5.43 Å². The second-order valence-corrected chi connectivity index (χ2v) is 3.61. The van der Waals surface area contributed by atoms with Gasteiger partial charge in [0.1, 0.15) is 17.1 Å². The number of esters is 1. The molecule has 0 N–H and O–H groups in total. The highest BCUT2D eigenvalue weighted by Crippen LogP contribution is 2.08. The maximum absolute atomic E-state index is 11.5. The molecule has 0 aliphatic rings. The first-order chi connectivity index (χ1) is 6.91. The Labute approximate surface area is 87.9 Å². The highest BCUT2D eigenvalue weighted by molar-refractivity contribution is 5.90. The Morgan fingerprint density at radius 2 is 2.00 bits per heavy atom. The average Bonchev–Trinajstić information content (AvgIpc) is 1.99. The van der Waals surface area contributed by atoms with Gasteiger partial charge < -0.3 is 9.15 Å². The van der Waals surface area contributed by atoms with Crippen LogP contribution < -0.4 is 5.43 Å². The van der Waals surface area contributed by atoms with Crippen molar-refractivity contribution in [2.75, 3.05) is 0 Å². The molecule has 0 amide bonds. The van der Waals surface area contributed by atoms with E-state index in [2.05, 4.69) is 0 Å². The predicted octanol–water partition coefficient (Wildman–Crippen LogP) is 1.82. The molecule has 0 unspecified atom stereocenters. The summed E-state index contributed by atoms with van der Waals surface area (Å²) in [6.07, 6.45) is -0.252. The van der Waals surface area contributed by atoms with Crippen LogP contribution in [-0.2, 0) is 4.74 Å². The van der Waals surface area contributed by atoms with Gasteiger partial charge in [-0.2, -0.15) is 0 Å². The number of ether oxygens (including phenoxy) is 1. The van der Waals surface area contributed by atoms with Crippen molar-refractivity contribution in [3.05, 3.63) is 33.4 Å². The molecule has 82 valence electrons. The maximum atomic E-state index is 11.5. The van der Waals surface area contributed by atoms with Crippen LogP contribution in [0.25, 0.3) is 0 Å². The van der Waals surface area contributed by atoms with E-state index >= 15 is 0 Å². The van der Waals surface area contributed by atoms with Crippen LogP contribution in [0.5, 0.6) is 0 Å². The van der Waals surface area contributed by atoms with Crippen LogP contribution in [0.2, 0.25) is 0 Å². The number of aryl methyl sites for hydroxylation is 2. The zero-order valence-corrected chi connectivity index (χ0v) is 9.29. The molecule has 1 heterocycles. The SMILES string of the molecule is Cc1cc(=O)c(C(=O)OC(C)C)c(C)o1. The first kappa shape index (κ1) is 11.5. The molecule has 0 aliphatic heterocycles. The fourth-order valence-corrected chi connectivity index (χ4v) is 1.27. The average molecular weight is 210 g/mol. The molecule has 1 aromatic rings. The van der Waals surface area contributed by atoms with Crippen LogP contribution in [-0.4, -0.2) is 12.1 Å². The Morgan fingerprint density at radius 3 is 2.47 bits per heavy atom. The number of carbonyl (C=O) groups excluding carboxylic acids is 1. The number of hydrogen-bond donors (Lipinski definition) is 0. The first-order valence-electron chi connectivity index (χ1n) is 4.74. The third kappa shape index (κ3) is 2.68. The van der Waals surface area contributed by atoms with E-state index in [9.17, 15) is 9.59 Å². The van der Waals surface area contributed by atoms with Gasteiger partial charge >= 0.3 is 5.97 Å². The van der Waals surface area contributed by atoms with Gasteiger partial charge in [-0.15, -0.1) is 0 Å². The number of carbonyl (C=O) groups is 1. The van der Waals surface area contributed by atoms with E-state index in [0.717, 1.165) is 0 Å². The van der Waals surface area contributed by atoms with Crippen molar-refractivity contribution in [3.8, 4) is 0 Å². The van der Waals surface area contributed by atoms with E-state index in [1.165, 1.54) is 6.07 Å². The van der Waals surface area contributed by atoms with Crippen LogP contribution in [0.15, 0.2) is 15.3 Å². The van der Waals surface area contributed by atoms with Gasteiger partial charge in [0, 0.05) is 6.07 Å². The molecular formula is C11H14O4. The smallest absolute Gasteiger partial charge is 0.345 e. The van der Waals surface area contributed by atoms with Gasteiger partial charge in [-0.3, -0.25) is 4.79 Å². The van der Waals surface area contributed by atoms with Gasteiger partial charge in [0.25, 0.3) is 0 Å². The lowest BCUT2D eigenvalue weighted by atomic mass is 10.2. The molecule has 0 spiro atoms. The standard InChI is InChI=1S/C11H14O4/c1-6(2)14-11(13)10-8(4)15-7(3)5-9(10)12/h5-6H,1-4H3. The maximum Gasteiger partial charge on any atom is 0.345 e. The van der Waals surface area contributed by atoms with Crippen molar-refractivity contribution in [3.63, 3.8) is 0 Å². The van der Waals surface area contributed by atoms with E-state index < -0.39 is 5.97 Å². The highest BCUT2D eigenvalue weighted by Gasteiger charge is 2.18. The number of hydrogen-bond acceptors (Lipinski definition) is 4. The van der Waals surface area contributed by atoms with E-state index in [0.29, 0.717) is 11.5 Å². The van der Waals surface area contributed by atoms with E-state index in [1.54, 1.807) is 27.7 Å². The van der Waals surface area contributed by atoms with Crippen molar-refractivity contribution in [1.82, 2.24) is 0 Å². The molecule has 0 saturated carbocycles. The van der Waals surface area contributed by atoms with E-state index in [1.807, 2.05) is 0 Å². The first-order valence-corrected chi connectivity index (χ1v) is 4.74. The lowest BCUT2D eigenvalue weighted by molar-refractivity contribution is 0.0372. The minimum absolute atomic E-state index is 0.0192. The molecule has 1 aromatic heterocycles. The zero-order chi connectivity index (χ0) is 11.6. The molecule has 1 rings (SSSR count). The van der Waals surface area contributed by atoms with Crippen LogP contribution in [0.3, 0.4) is 0 Å². The molecule has 0 saturated heterocycles. The summed E-state index contributed by atoms with van der Waals surface area (Å²) in [6.45, 7) is 6.68. The Kier molecular flexibility index (Phi) is 3.29. The van der Waals surface area contributed by atoms with Crippen LogP contribution in [0.1, 0.15) is 35.7 Å². The summed E-state index contributed by atoms with van der Waals surface area (Å²) in [6, 6.07) is 1.28. The molecule has 4 nitrogen and oxygen atoms in total. The summed E-state index contributed by atoms with van der Waals surface area (Å²) in [5.74, 6) is 0.153. The largest absolute Gasteiger partial charge is 0.465 e. The van der Waals surface area contributed by atoms with Crippen LogP contribution >= 0.6 is 0 Å². The molecule has 0 aliphatic carbocycles. The third-order valence-electron chi connectivity index (χ3n) is 1.79. The van der Waals surface area contributed by atoms with Gasteiger partial charge in [0.05, 0.1) is 6.10 Å². The summed E-state index contributed by atoms with van der Waals surface area (Å²) in [7, 11) is 0. The third-order valence-corrected chi connectivity index (χ3v) is 1.79. The second-order valence-electron chi connectivity index (χ2n) is 3.61. The van der Waals surface area contributed by atoms with Gasteiger partial charge in [-0.05, 0) is 27.7 Å². The fourth-order valence-electron chi connectivity index (χ4n) is 1.27. The molecule has 0 aromatic carbocycles. The van der Waals surface area contributed by atoms with Crippen molar-refractivity contribution >= 4 is 5.97 Å². The lowest BCUT2D eigenvalue weighted by Gasteiger charge is -2.08. The van der Waals surface area contributed by atoms with E-state index in [4.69, 9.17) is 9.15 Å². The molecule has 0 bridgehead atoms. The van der Waals surface area contributed by atoms with Gasteiger partial charge in [-0.1, -0.05) is 0 Å². The summed E-state index contributed by atoms with van der Waals surface area (Å²) in [5, 5.41) is 0. The van der Waals surface area contributed by atoms with Gasteiger partial charge in [0.2, 0.25) is 0 Å². The van der Waals surface area contributed by atoms with Crippen molar-refractivity contribution in [2.24, 2.45) is 0 Å². The molecule has 4 heteroatoms. The minimum atomic E-state index is -0.628. The van der Waals surface area contributed by atoms with Crippen LogP contribution in [0.4, 0.5) is 0 Å². The molecule has 0 fully saturated rings. The summed E-state index contributed by atoms with van der Waals surface area (Å²) >= 11 is 0. The Balaban J connectivity index is 3.15. The van der Waals surface area contributed by atoms with Crippen molar-refractivity contribution in [1.29, 1.82) is 0 Å². The Bertz CT molecular complexity index is 429. The number of rotatable bonds is 2. The molecular weight excluding hydrogens is 196 g/mol. The summed E-state index contributed by atoms with van der Waals surface area (Å²) in [4.78, 5) is 23.0. The molecule has 0 atom stereocenters. The quantitative estimate of drug-likeness (QED) is 0.698. The van der Waals surface area contributed by atoms with Crippen molar-refractivity contribution in [2.45, 2.75) is 33.8 Å². The Morgan fingerprint density at radius 1 is 1.40 bits per heavy atom. The molecule has 0 radical (unpaired) electrons. The summed E-state index contributed by atoms with van der Waals surface area (Å²) < 4.78 is 10.1. The van der Waals surface area contributed by atoms with Crippen LogP contribution in [0, 0.1) is 13.8 Å².